The van der Waals surface area contributed by atoms with Gasteiger partial charge in [0.05, 0.1) is 11.9 Å². The molecule has 7 nitrogen and oxygen atoms in total. The number of carbonyl (C=O) groups excluding carboxylic acids is 2. The summed E-state index contributed by atoms with van der Waals surface area (Å²) in [5.74, 6) is -0.586. The summed E-state index contributed by atoms with van der Waals surface area (Å²) in [7, 11) is -3.61. The maximum Gasteiger partial charge on any atom is 0.243 e. The summed E-state index contributed by atoms with van der Waals surface area (Å²) in [6, 6.07) is 10.7. The van der Waals surface area contributed by atoms with Crippen LogP contribution in [0.5, 0.6) is 0 Å². The number of amides is 2. The number of benzene rings is 2. The smallest absolute Gasteiger partial charge is 0.243 e. The summed E-state index contributed by atoms with van der Waals surface area (Å²) in [5.41, 5.74) is 0.960. The maximum atomic E-state index is 13.5. The van der Waals surface area contributed by atoms with Gasteiger partial charge in [-0.25, -0.2) is 8.42 Å². The number of halogens is 3. The van der Waals surface area contributed by atoms with Crippen molar-refractivity contribution in [2.75, 3.05) is 17.1 Å². The van der Waals surface area contributed by atoms with E-state index in [4.69, 9.17) is 34.8 Å². The van der Waals surface area contributed by atoms with E-state index in [1.165, 1.54) is 9.21 Å². The third kappa shape index (κ3) is 8.54. The molecule has 11 heteroatoms. The van der Waals surface area contributed by atoms with Crippen LogP contribution >= 0.6 is 34.8 Å². The van der Waals surface area contributed by atoms with Crippen LogP contribution in [0.15, 0.2) is 42.5 Å². The van der Waals surface area contributed by atoms with Crippen LogP contribution in [0.25, 0.3) is 0 Å². The summed E-state index contributed by atoms with van der Waals surface area (Å²) in [5, 5.41) is 4.06. The van der Waals surface area contributed by atoms with Crippen LogP contribution in [-0.4, -0.2) is 50.0 Å². The van der Waals surface area contributed by atoms with E-state index in [-0.39, 0.29) is 43.8 Å². The van der Waals surface area contributed by atoms with Gasteiger partial charge in [0, 0.05) is 46.2 Å². The first-order valence-corrected chi connectivity index (χ1v) is 14.6. The zero-order valence-electron chi connectivity index (χ0n) is 20.8. The Hall–Kier alpha value is -2.00. The summed E-state index contributed by atoms with van der Waals surface area (Å²) in [6.45, 7) is 5.63. The van der Waals surface area contributed by atoms with Gasteiger partial charge in [0.25, 0.3) is 0 Å². The fourth-order valence-electron chi connectivity index (χ4n) is 3.79. The molecule has 2 aromatic carbocycles. The van der Waals surface area contributed by atoms with Crippen molar-refractivity contribution in [1.29, 1.82) is 0 Å². The van der Waals surface area contributed by atoms with E-state index >= 15 is 0 Å². The highest BCUT2D eigenvalue weighted by Crippen LogP contribution is 2.28. The molecule has 1 atom stereocenters. The molecule has 0 spiro atoms. The van der Waals surface area contributed by atoms with E-state index in [9.17, 15) is 18.0 Å². The van der Waals surface area contributed by atoms with E-state index in [0.717, 1.165) is 6.26 Å². The molecule has 0 aromatic heterocycles. The Morgan fingerprint density at radius 2 is 1.64 bits per heavy atom. The van der Waals surface area contributed by atoms with Crippen molar-refractivity contribution in [2.45, 2.75) is 58.7 Å². The van der Waals surface area contributed by atoms with Crippen LogP contribution in [0, 0.1) is 0 Å². The minimum atomic E-state index is -3.61. The lowest BCUT2D eigenvalue weighted by Crippen LogP contribution is -2.50. The van der Waals surface area contributed by atoms with E-state index < -0.39 is 16.1 Å². The van der Waals surface area contributed by atoms with Crippen molar-refractivity contribution < 1.29 is 18.0 Å². The number of nitrogens with zero attached hydrogens (tertiary/aromatic N) is 2. The lowest BCUT2D eigenvalue weighted by molar-refractivity contribution is -0.141. The third-order valence-electron chi connectivity index (χ3n) is 5.46. The van der Waals surface area contributed by atoms with Crippen molar-refractivity contribution in [3.05, 3.63) is 63.1 Å². The number of hydrogen-bond donors (Lipinski definition) is 1. The normalized spacial score (nSPS) is 12.3. The predicted octanol–water partition coefficient (Wildman–Crippen LogP) is 5.53. The summed E-state index contributed by atoms with van der Waals surface area (Å²) >= 11 is 18.8. The highest BCUT2D eigenvalue weighted by molar-refractivity contribution is 7.92. The average molecular weight is 577 g/mol. The molecule has 0 aliphatic rings. The molecule has 0 radical (unpaired) electrons. The van der Waals surface area contributed by atoms with E-state index in [1.807, 2.05) is 20.8 Å². The zero-order chi connectivity index (χ0) is 27.0. The Morgan fingerprint density at radius 1 is 1.03 bits per heavy atom. The predicted molar refractivity (Wildman–Crippen MR) is 147 cm³/mol. The Labute approximate surface area is 228 Å². The van der Waals surface area contributed by atoms with Gasteiger partial charge in [-0.2, -0.15) is 0 Å². The molecule has 2 rings (SSSR count). The van der Waals surface area contributed by atoms with Crippen LogP contribution in [0.4, 0.5) is 5.69 Å². The van der Waals surface area contributed by atoms with Gasteiger partial charge in [0.15, 0.2) is 0 Å². The molecule has 2 aromatic rings. The molecular weight excluding hydrogens is 545 g/mol. The second-order valence-electron chi connectivity index (χ2n) is 8.73. The molecule has 0 aliphatic carbocycles. The van der Waals surface area contributed by atoms with Crippen molar-refractivity contribution in [1.82, 2.24) is 10.2 Å². The first kappa shape index (κ1) is 30.2. The number of carbonyl (C=O) groups is 2. The van der Waals surface area contributed by atoms with Gasteiger partial charge in [0.2, 0.25) is 21.8 Å². The Kier molecular flexibility index (Phi) is 11.3. The summed E-state index contributed by atoms with van der Waals surface area (Å²) in [4.78, 5) is 27.9. The SMILES string of the molecule is CC[C@H](C(=O)NC(C)C)N(Cc1c(Cl)cccc1Cl)C(=O)CCCN(c1cccc(Cl)c1)S(C)(=O)=O. The number of sulfonamides is 1. The average Bonchev–Trinajstić information content (AvgIpc) is 2.77. The van der Waals surface area contributed by atoms with Crippen molar-refractivity contribution in [3.63, 3.8) is 0 Å². The van der Waals surface area contributed by atoms with Gasteiger partial charge in [0.1, 0.15) is 6.04 Å². The number of nitrogens with one attached hydrogen (secondary N) is 1. The van der Waals surface area contributed by atoms with E-state index in [1.54, 1.807) is 42.5 Å². The standard InChI is InChI=1S/C25H32Cl3N3O4S/c1-5-23(25(33)29-17(2)3)30(16-20-21(27)11-7-12-22(20)28)24(32)13-8-14-31(36(4,34)35)19-10-6-9-18(26)15-19/h6-7,9-12,15,17,23H,5,8,13-14,16H2,1-4H3,(H,29,33)/t23-/m1/s1. The molecule has 0 aliphatic heterocycles. The van der Waals surface area contributed by atoms with E-state index in [0.29, 0.717) is 32.7 Å². The quantitative estimate of drug-likeness (QED) is 0.360. The van der Waals surface area contributed by atoms with Gasteiger partial charge in [-0.05, 0) is 57.0 Å². The number of hydrogen-bond acceptors (Lipinski definition) is 4. The van der Waals surface area contributed by atoms with E-state index in [2.05, 4.69) is 5.32 Å². The minimum absolute atomic E-state index is 0.0140. The third-order valence-corrected chi connectivity index (χ3v) is 7.59. The van der Waals surface area contributed by atoms with Gasteiger partial charge < -0.3 is 10.2 Å². The molecule has 0 saturated heterocycles. The number of anilines is 1. The molecule has 2 amide bonds. The Bertz CT molecular complexity index is 1150. The fourth-order valence-corrected chi connectivity index (χ4v) is 5.45. The Balaban J connectivity index is 2.28. The Morgan fingerprint density at radius 3 is 2.17 bits per heavy atom. The molecule has 0 bridgehead atoms. The topological polar surface area (TPSA) is 86.8 Å². The molecule has 0 fully saturated rings. The van der Waals surface area contributed by atoms with Crippen molar-refractivity contribution in [3.8, 4) is 0 Å². The van der Waals surface area contributed by atoms with Crippen LogP contribution in [-0.2, 0) is 26.2 Å². The highest BCUT2D eigenvalue weighted by atomic mass is 35.5. The molecule has 36 heavy (non-hydrogen) atoms. The number of rotatable bonds is 12. The van der Waals surface area contributed by atoms with Crippen LogP contribution in [0.3, 0.4) is 0 Å². The fraction of sp³-hybridized carbons (Fsp3) is 0.440. The second kappa shape index (κ2) is 13.5. The maximum absolute atomic E-state index is 13.5. The van der Waals surface area contributed by atoms with Gasteiger partial charge in [-0.15, -0.1) is 0 Å². The second-order valence-corrected chi connectivity index (χ2v) is 11.9. The minimum Gasteiger partial charge on any atom is -0.352 e. The lowest BCUT2D eigenvalue weighted by atomic mass is 10.1. The molecule has 0 saturated carbocycles. The van der Waals surface area contributed by atoms with Gasteiger partial charge in [-0.1, -0.05) is 53.9 Å². The first-order chi connectivity index (χ1) is 16.8. The highest BCUT2D eigenvalue weighted by Gasteiger charge is 2.30. The zero-order valence-corrected chi connectivity index (χ0v) is 23.9. The lowest BCUT2D eigenvalue weighted by Gasteiger charge is -2.32. The molecule has 198 valence electrons. The first-order valence-electron chi connectivity index (χ1n) is 11.6. The van der Waals surface area contributed by atoms with Crippen molar-refractivity contribution in [2.24, 2.45) is 0 Å². The van der Waals surface area contributed by atoms with Crippen LogP contribution in [0.1, 0.15) is 45.6 Å². The largest absolute Gasteiger partial charge is 0.352 e. The summed E-state index contributed by atoms with van der Waals surface area (Å²) < 4.78 is 26.1. The van der Waals surface area contributed by atoms with Gasteiger partial charge in [-0.3, -0.25) is 13.9 Å². The monoisotopic (exact) mass is 575 g/mol. The molecule has 0 unspecified atom stereocenters. The molecule has 1 N–H and O–H groups in total. The summed E-state index contributed by atoms with van der Waals surface area (Å²) in [6.07, 6.45) is 1.72. The van der Waals surface area contributed by atoms with Crippen LogP contribution in [0.2, 0.25) is 15.1 Å². The molecule has 0 heterocycles. The van der Waals surface area contributed by atoms with Gasteiger partial charge >= 0.3 is 0 Å². The van der Waals surface area contributed by atoms with Crippen LogP contribution < -0.4 is 9.62 Å². The molecular formula is C25H32Cl3N3O4S. The van der Waals surface area contributed by atoms with Crippen molar-refractivity contribution >= 4 is 62.3 Å².